The number of nitrogens with zero attached hydrogens (tertiary/aromatic N) is 4. The van der Waals surface area contributed by atoms with E-state index >= 15 is 0 Å². The van der Waals surface area contributed by atoms with Crippen LogP contribution in [0.4, 0.5) is 0 Å². The van der Waals surface area contributed by atoms with E-state index in [-0.39, 0.29) is 0 Å². The van der Waals surface area contributed by atoms with Crippen molar-refractivity contribution >= 4 is 17.7 Å². The molecule has 0 aromatic carbocycles. The van der Waals surface area contributed by atoms with Gasteiger partial charge in [-0.2, -0.15) is 11.8 Å². The standard InChI is InChI=1S/C18H31N5OS/c1-19-17(22(2)14-16-6-11-24-21-16)20-15-18(7-4-3-5-8-18)23-9-12-25-13-10-23/h6,11H,3-5,7-10,12-15H2,1-2H3,(H,19,20). The van der Waals surface area contributed by atoms with Crippen molar-refractivity contribution in [1.82, 2.24) is 20.3 Å². The van der Waals surface area contributed by atoms with Gasteiger partial charge in [0.05, 0.1) is 6.54 Å². The van der Waals surface area contributed by atoms with Crippen LogP contribution in [-0.2, 0) is 6.54 Å². The van der Waals surface area contributed by atoms with Gasteiger partial charge in [-0.25, -0.2) is 0 Å². The summed E-state index contributed by atoms with van der Waals surface area (Å²) in [6.45, 7) is 4.12. The van der Waals surface area contributed by atoms with Crippen LogP contribution in [0, 0.1) is 0 Å². The van der Waals surface area contributed by atoms with Crippen molar-refractivity contribution in [3.05, 3.63) is 18.0 Å². The van der Waals surface area contributed by atoms with E-state index in [1.165, 1.54) is 56.7 Å². The molecule has 0 unspecified atom stereocenters. The molecule has 2 aliphatic rings. The van der Waals surface area contributed by atoms with Gasteiger partial charge in [0, 0.05) is 56.8 Å². The van der Waals surface area contributed by atoms with Crippen molar-refractivity contribution in [1.29, 1.82) is 0 Å². The second-order valence-electron chi connectivity index (χ2n) is 7.13. The predicted molar refractivity (Wildman–Crippen MR) is 104 cm³/mol. The number of guanidine groups is 1. The van der Waals surface area contributed by atoms with Crippen molar-refractivity contribution in [2.45, 2.75) is 44.2 Å². The highest BCUT2D eigenvalue weighted by molar-refractivity contribution is 7.99. The summed E-state index contributed by atoms with van der Waals surface area (Å²) in [5, 5.41) is 7.66. The van der Waals surface area contributed by atoms with E-state index in [4.69, 9.17) is 4.52 Å². The number of hydrogen-bond donors (Lipinski definition) is 1. The lowest BCUT2D eigenvalue weighted by molar-refractivity contribution is 0.0621. The number of nitrogens with one attached hydrogen (secondary N) is 1. The largest absolute Gasteiger partial charge is 0.364 e. The van der Waals surface area contributed by atoms with E-state index in [0.717, 1.165) is 18.2 Å². The van der Waals surface area contributed by atoms with Crippen molar-refractivity contribution in [2.75, 3.05) is 45.2 Å². The summed E-state index contributed by atoms with van der Waals surface area (Å²) in [4.78, 5) is 9.34. The topological polar surface area (TPSA) is 56.9 Å². The fourth-order valence-electron chi connectivity index (χ4n) is 4.12. The maximum Gasteiger partial charge on any atom is 0.193 e. The summed E-state index contributed by atoms with van der Waals surface area (Å²) in [7, 11) is 3.90. The molecule has 0 bridgehead atoms. The molecule has 0 atom stereocenters. The quantitative estimate of drug-likeness (QED) is 0.639. The number of aromatic nitrogens is 1. The first-order valence-corrected chi connectivity index (χ1v) is 10.5. The van der Waals surface area contributed by atoms with Gasteiger partial charge in [-0.3, -0.25) is 9.89 Å². The molecule has 6 nitrogen and oxygen atoms in total. The Balaban J connectivity index is 1.62. The zero-order chi connectivity index (χ0) is 17.5. The maximum absolute atomic E-state index is 4.93. The first-order valence-electron chi connectivity index (χ1n) is 9.37. The van der Waals surface area contributed by atoms with Crippen LogP contribution in [0.5, 0.6) is 0 Å². The monoisotopic (exact) mass is 365 g/mol. The summed E-state index contributed by atoms with van der Waals surface area (Å²) in [5.74, 6) is 3.46. The van der Waals surface area contributed by atoms with Crippen LogP contribution in [0.25, 0.3) is 0 Å². The van der Waals surface area contributed by atoms with Gasteiger partial charge in [0.25, 0.3) is 0 Å². The Bertz CT molecular complexity index is 536. The number of thioether (sulfide) groups is 1. The molecule has 0 amide bonds. The lowest BCUT2D eigenvalue weighted by Crippen LogP contribution is -2.59. The van der Waals surface area contributed by atoms with Crippen molar-refractivity contribution in [2.24, 2.45) is 4.99 Å². The maximum atomic E-state index is 4.93. The smallest absolute Gasteiger partial charge is 0.193 e. The fourth-order valence-corrected chi connectivity index (χ4v) is 5.02. The molecule has 0 spiro atoms. The molecule has 1 saturated carbocycles. The third kappa shape index (κ3) is 4.70. The summed E-state index contributed by atoms with van der Waals surface area (Å²) < 4.78 is 4.93. The molecular weight excluding hydrogens is 334 g/mol. The molecule has 1 aliphatic carbocycles. The van der Waals surface area contributed by atoms with Crippen molar-refractivity contribution < 1.29 is 4.52 Å². The van der Waals surface area contributed by atoms with E-state index in [0.29, 0.717) is 12.1 Å². The predicted octanol–water partition coefficient (Wildman–Crippen LogP) is 2.43. The van der Waals surface area contributed by atoms with Gasteiger partial charge >= 0.3 is 0 Å². The second-order valence-corrected chi connectivity index (χ2v) is 8.36. The first-order chi connectivity index (χ1) is 12.2. The highest BCUT2D eigenvalue weighted by Gasteiger charge is 2.38. The minimum absolute atomic E-state index is 0.296. The Labute approximate surface area is 155 Å². The molecule has 1 aromatic rings. The molecule has 1 aliphatic heterocycles. The van der Waals surface area contributed by atoms with E-state index in [1.807, 2.05) is 13.1 Å². The number of hydrogen-bond acceptors (Lipinski definition) is 5. The Morgan fingerprint density at radius 1 is 1.36 bits per heavy atom. The van der Waals surface area contributed by atoms with Crippen molar-refractivity contribution in [3.63, 3.8) is 0 Å². The molecule has 25 heavy (non-hydrogen) atoms. The van der Waals surface area contributed by atoms with E-state index < -0.39 is 0 Å². The molecule has 3 rings (SSSR count). The Morgan fingerprint density at radius 3 is 2.76 bits per heavy atom. The lowest BCUT2D eigenvalue weighted by atomic mass is 9.80. The van der Waals surface area contributed by atoms with E-state index in [9.17, 15) is 0 Å². The SMILES string of the molecule is CN=C(NCC1(N2CCSCC2)CCCCC1)N(C)Cc1ccon1. The van der Waals surface area contributed by atoms with Crippen LogP contribution in [-0.4, -0.2) is 71.7 Å². The minimum atomic E-state index is 0.296. The molecule has 140 valence electrons. The third-order valence-corrected chi connectivity index (χ3v) is 6.45. The fraction of sp³-hybridized carbons (Fsp3) is 0.778. The summed E-state index contributed by atoms with van der Waals surface area (Å²) in [6, 6.07) is 1.90. The zero-order valence-electron chi connectivity index (χ0n) is 15.5. The van der Waals surface area contributed by atoms with Crippen molar-refractivity contribution in [3.8, 4) is 0 Å². The Hall–Kier alpha value is -1.21. The average molecular weight is 366 g/mol. The average Bonchev–Trinajstić information content (AvgIpc) is 3.17. The molecular formula is C18H31N5OS. The molecule has 1 saturated heterocycles. The molecule has 2 heterocycles. The van der Waals surface area contributed by atoms with Crippen LogP contribution in [0.3, 0.4) is 0 Å². The van der Waals surface area contributed by atoms with Crippen LogP contribution >= 0.6 is 11.8 Å². The highest BCUT2D eigenvalue weighted by Crippen LogP contribution is 2.34. The van der Waals surface area contributed by atoms with Gasteiger partial charge in [0.15, 0.2) is 5.96 Å². The van der Waals surface area contributed by atoms with E-state index in [1.54, 1.807) is 6.26 Å². The molecule has 7 heteroatoms. The molecule has 2 fully saturated rings. The van der Waals surface area contributed by atoms with E-state index in [2.05, 4.69) is 44.1 Å². The van der Waals surface area contributed by atoms with Gasteiger partial charge in [0.2, 0.25) is 0 Å². The van der Waals surface area contributed by atoms with Crippen LogP contribution in [0.1, 0.15) is 37.8 Å². The third-order valence-electron chi connectivity index (χ3n) is 5.51. The lowest BCUT2D eigenvalue weighted by Gasteiger charge is -2.48. The minimum Gasteiger partial charge on any atom is -0.364 e. The summed E-state index contributed by atoms with van der Waals surface area (Å²) >= 11 is 2.09. The molecule has 1 N–H and O–H groups in total. The molecule has 0 radical (unpaired) electrons. The van der Waals surface area contributed by atoms with Gasteiger partial charge in [-0.15, -0.1) is 0 Å². The van der Waals surface area contributed by atoms with Gasteiger partial charge in [-0.1, -0.05) is 24.4 Å². The van der Waals surface area contributed by atoms with Crippen LogP contribution < -0.4 is 5.32 Å². The summed E-state index contributed by atoms with van der Waals surface area (Å²) in [5.41, 5.74) is 1.22. The van der Waals surface area contributed by atoms with Gasteiger partial charge < -0.3 is 14.7 Å². The second kappa shape index (κ2) is 8.94. The Morgan fingerprint density at radius 2 is 2.12 bits per heavy atom. The van der Waals surface area contributed by atoms with Gasteiger partial charge in [0.1, 0.15) is 12.0 Å². The number of aliphatic imine (C=N–C) groups is 1. The molecule has 1 aromatic heterocycles. The normalized spacial score (nSPS) is 21.9. The van der Waals surface area contributed by atoms with Gasteiger partial charge in [-0.05, 0) is 12.8 Å². The first kappa shape index (κ1) is 18.6. The van der Waals surface area contributed by atoms with Crippen LogP contribution in [0.15, 0.2) is 21.8 Å². The zero-order valence-corrected chi connectivity index (χ0v) is 16.4. The number of rotatable bonds is 5. The van der Waals surface area contributed by atoms with Crippen LogP contribution in [0.2, 0.25) is 0 Å². The summed E-state index contributed by atoms with van der Waals surface area (Å²) in [6.07, 6.45) is 8.29. The highest BCUT2D eigenvalue weighted by atomic mass is 32.2. The Kier molecular flexibility index (Phi) is 6.64.